The van der Waals surface area contributed by atoms with Crippen LogP contribution in [0.4, 0.5) is 5.82 Å². The topological polar surface area (TPSA) is 105 Å². The van der Waals surface area contributed by atoms with Crippen LogP contribution in [-0.2, 0) is 20.6 Å². The summed E-state index contributed by atoms with van der Waals surface area (Å²) in [6, 6.07) is 10.6. The summed E-state index contributed by atoms with van der Waals surface area (Å²) in [7, 11) is -3.56. The summed E-state index contributed by atoms with van der Waals surface area (Å²) in [6.07, 6.45) is 1.85. The fraction of sp³-hybridized carbons (Fsp3) is 0.444. The molecule has 3 rings (SSSR count). The number of aliphatic hydroxyl groups excluding tert-OH is 1. The summed E-state index contributed by atoms with van der Waals surface area (Å²) < 4.78 is 29.3. The predicted octanol–water partition coefficient (Wildman–Crippen LogP) is 1.37. The summed E-state index contributed by atoms with van der Waals surface area (Å²) in [5.74, 6) is 0.0318. The second-order valence-electron chi connectivity index (χ2n) is 6.74. The van der Waals surface area contributed by atoms with Crippen LogP contribution >= 0.6 is 0 Å². The van der Waals surface area contributed by atoms with Gasteiger partial charge in [-0.05, 0) is 25.3 Å². The van der Waals surface area contributed by atoms with E-state index in [1.54, 1.807) is 46.1 Å². The van der Waals surface area contributed by atoms with E-state index in [9.17, 15) is 18.3 Å². The Morgan fingerprint density at radius 2 is 1.93 bits per heavy atom. The Labute approximate surface area is 158 Å². The lowest BCUT2D eigenvalue weighted by molar-refractivity contribution is -0.140. The van der Waals surface area contributed by atoms with Crippen molar-refractivity contribution in [3.8, 4) is 0 Å². The van der Waals surface area contributed by atoms with Crippen LogP contribution in [0.25, 0.3) is 0 Å². The fourth-order valence-corrected chi connectivity index (χ4v) is 4.45. The largest absolute Gasteiger partial charge is 0.384 e. The van der Waals surface area contributed by atoms with E-state index >= 15 is 0 Å². The van der Waals surface area contributed by atoms with Gasteiger partial charge in [0.2, 0.25) is 10.0 Å². The smallest absolute Gasteiger partial charge is 0.251 e. The molecule has 1 saturated heterocycles. The minimum Gasteiger partial charge on any atom is -0.384 e. The lowest BCUT2D eigenvalue weighted by Crippen LogP contribution is -2.43. The van der Waals surface area contributed by atoms with Gasteiger partial charge in [-0.1, -0.05) is 30.3 Å². The molecule has 1 fully saturated rings. The highest BCUT2D eigenvalue weighted by Gasteiger charge is 2.27. The number of hydrogen-bond acceptors (Lipinski definition) is 5. The number of carbonyl (C=O) groups excluding carboxylic acids is 1. The van der Waals surface area contributed by atoms with Gasteiger partial charge in [0.15, 0.2) is 0 Å². The number of piperidine rings is 1. The van der Waals surface area contributed by atoms with Crippen molar-refractivity contribution in [3.63, 3.8) is 0 Å². The lowest BCUT2D eigenvalue weighted by Gasteiger charge is -2.33. The Morgan fingerprint density at radius 1 is 1.26 bits per heavy atom. The van der Waals surface area contributed by atoms with E-state index < -0.39 is 16.1 Å². The summed E-state index contributed by atoms with van der Waals surface area (Å²) in [4.78, 5) is 13.5. The SMILES string of the molecule is C[C@@H](O)C(=O)N1CCC(n2nccc2NS(=O)(=O)Cc2ccccc2)CC1. The van der Waals surface area contributed by atoms with Crippen molar-refractivity contribution in [2.45, 2.75) is 37.7 Å². The highest BCUT2D eigenvalue weighted by atomic mass is 32.2. The molecule has 2 heterocycles. The number of carbonyl (C=O) groups is 1. The van der Waals surface area contributed by atoms with E-state index in [0.717, 1.165) is 0 Å². The fourth-order valence-electron chi connectivity index (χ4n) is 3.27. The molecule has 8 nitrogen and oxygen atoms in total. The molecule has 1 aliphatic rings. The van der Waals surface area contributed by atoms with E-state index in [0.29, 0.717) is 37.3 Å². The Bertz CT molecular complexity index is 872. The zero-order valence-electron chi connectivity index (χ0n) is 15.2. The number of amides is 1. The zero-order valence-corrected chi connectivity index (χ0v) is 16.0. The number of likely N-dealkylation sites (tertiary alicyclic amines) is 1. The number of aliphatic hydroxyl groups is 1. The van der Waals surface area contributed by atoms with Gasteiger partial charge in [-0.2, -0.15) is 5.10 Å². The second-order valence-corrected chi connectivity index (χ2v) is 8.46. The van der Waals surface area contributed by atoms with E-state index in [2.05, 4.69) is 9.82 Å². The third kappa shape index (κ3) is 4.86. The number of aromatic nitrogens is 2. The Kier molecular flexibility index (Phi) is 5.81. The van der Waals surface area contributed by atoms with Crippen LogP contribution in [0.1, 0.15) is 31.4 Å². The molecule has 1 atom stereocenters. The molecule has 2 aromatic rings. The van der Waals surface area contributed by atoms with Gasteiger partial charge in [0.05, 0.1) is 18.0 Å². The lowest BCUT2D eigenvalue weighted by atomic mass is 10.0. The summed E-state index contributed by atoms with van der Waals surface area (Å²) >= 11 is 0. The number of rotatable bonds is 6. The molecule has 0 bridgehead atoms. The third-order valence-corrected chi connectivity index (χ3v) is 5.84. The maximum atomic E-state index is 12.5. The molecule has 146 valence electrons. The molecule has 0 saturated carbocycles. The van der Waals surface area contributed by atoms with Crippen LogP contribution in [0.2, 0.25) is 0 Å². The quantitative estimate of drug-likeness (QED) is 0.773. The maximum absolute atomic E-state index is 12.5. The van der Waals surface area contributed by atoms with Gasteiger partial charge in [0.25, 0.3) is 5.91 Å². The van der Waals surface area contributed by atoms with Crippen molar-refractivity contribution in [1.82, 2.24) is 14.7 Å². The first kappa shape index (κ1) is 19.4. The summed E-state index contributed by atoms with van der Waals surface area (Å²) in [5.41, 5.74) is 0.709. The van der Waals surface area contributed by atoms with Gasteiger partial charge in [-0.3, -0.25) is 9.52 Å². The molecular weight excluding hydrogens is 368 g/mol. The number of anilines is 1. The molecule has 1 amide bonds. The normalized spacial score (nSPS) is 16.9. The number of nitrogens with zero attached hydrogens (tertiary/aromatic N) is 3. The summed E-state index contributed by atoms with van der Waals surface area (Å²) in [6.45, 7) is 2.47. The molecular formula is C18H24N4O4S. The monoisotopic (exact) mass is 392 g/mol. The van der Waals surface area contributed by atoms with Crippen molar-refractivity contribution in [2.24, 2.45) is 0 Å². The minimum absolute atomic E-state index is 0.00697. The first-order valence-electron chi connectivity index (χ1n) is 8.90. The molecule has 0 radical (unpaired) electrons. The number of benzene rings is 1. The molecule has 0 spiro atoms. The Balaban J connectivity index is 1.65. The molecule has 9 heteroatoms. The molecule has 0 aliphatic carbocycles. The Morgan fingerprint density at radius 3 is 2.56 bits per heavy atom. The molecule has 1 aliphatic heterocycles. The molecule has 1 aromatic heterocycles. The van der Waals surface area contributed by atoms with Crippen molar-refractivity contribution in [2.75, 3.05) is 17.8 Å². The average Bonchev–Trinajstić information content (AvgIpc) is 3.08. The van der Waals surface area contributed by atoms with Crippen LogP contribution in [0.3, 0.4) is 0 Å². The van der Waals surface area contributed by atoms with Crippen LogP contribution < -0.4 is 4.72 Å². The van der Waals surface area contributed by atoms with Crippen LogP contribution in [-0.4, -0.2) is 53.3 Å². The van der Waals surface area contributed by atoms with Gasteiger partial charge in [0.1, 0.15) is 11.9 Å². The van der Waals surface area contributed by atoms with Crippen molar-refractivity contribution >= 4 is 21.7 Å². The molecule has 2 N–H and O–H groups in total. The summed E-state index contributed by atoms with van der Waals surface area (Å²) in [5, 5.41) is 13.7. The van der Waals surface area contributed by atoms with Crippen molar-refractivity contribution < 1.29 is 18.3 Å². The van der Waals surface area contributed by atoms with E-state index in [1.165, 1.54) is 6.92 Å². The van der Waals surface area contributed by atoms with Gasteiger partial charge in [-0.15, -0.1) is 0 Å². The third-order valence-electron chi connectivity index (χ3n) is 4.61. The number of nitrogens with one attached hydrogen (secondary N) is 1. The maximum Gasteiger partial charge on any atom is 0.251 e. The van der Waals surface area contributed by atoms with Crippen molar-refractivity contribution in [3.05, 3.63) is 48.2 Å². The minimum atomic E-state index is -3.56. The molecule has 1 aromatic carbocycles. The zero-order chi connectivity index (χ0) is 19.4. The van der Waals surface area contributed by atoms with Crippen LogP contribution in [0, 0.1) is 0 Å². The standard InChI is InChI=1S/C18H24N4O4S/c1-14(23)18(24)21-11-8-16(9-12-21)22-17(7-10-19-22)20-27(25,26)13-15-5-3-2-4-6-15/h2-7,10,14,16,20,23H,8-9,11-13H2,1H3/t14-/m1/s1. The number of hydrogen-bond donors (Lipinski definition) is 2. The highest BCUT2D eigenvalue weighted by Crippen LogP contribution is 2.26. The van der Waals surface area contributed by atoms with Crippen molar-refractivity contribution in [1.29, 1.82) is 0 Å². The van der Waals surface area contributed by atoms with E-state index in [-0.39, 0.29) is 17.7 Å². The van der Waals surface area contributed by atoms with E-state index in [4.69, 9.17) is 0 Å². The van der Waals surface area contributed by atoms with Gasteiger partial charge in [0, 0.05) is 19.2 Å². The predicted molar refractivity (Wildman–Crippen MR) is 101 cm³/mol. The van der Waals surface area contributed by atoms with Gasteiger partial charge >= 0.3 is 0 Å². The molecule has 0 unspecified atom stereocenters. The van der Waals surface area contributed by atoms with Crippen LogP contribution in [0.15, 0.2) is 42.6 Å². The first-order chi connectivity index (χ1) is 12.9. The Hall–Kier alpha value is -2.39. The highest BCUT2D eigenvalue weighted by molar-refractivity contribution is 7.91. The van der Waals surface area contributed by atoms with E-state index in [1.807, 2.05) is 6.07 Å². The second kappa shape index (κ2) is 8.10. The average molecular weight is 392 g/mol. The van der Waals surface area contributed by atoms with Crippen LogP contribution in [0.5, 0.6) is 0 Å². The molecule has 27 heavy (non-hydrogen) atoms. The first-order valence-corrected chi connectivity index (χ1v) is 10.6. The van der Waals surface area contributed by atoms with Gasteiger partial charge < -0.3 is 10.0 Å². The number of sulfonamides is 1. The van der Waals surface area contributed by atoms with Gasteiger partial charge in [-0.25, -0.2) is 13.1 Å².